The van der Waals surface area contributed by atoms with E-state index in [0.29, 0.717) is 29.3 Å². The Kier molecular flexibility index (Phi) is 3.50. The van der Waals surface area contributed by atoms with Crippen LogP contribution in [0, 0.1) is 6.92 Å². The van der Waals surface area contributed by atoms with Crippen LogP contribution >= 0.6 is 0 Å². The van der Waals surface area contributed by atoms with Crippen molar-refractivity contribution in [3.8, 4) is 0 Å². The molecule has 0 aliphatic rings. The zero-order valence-electron chi connectivity index (χ0n) is 11.1. The lowest BCUT2D eigenvalue weighted by atomic mass is 10.2. The summed E-state index contributed by atoms with van der Waals surface area (Å²) in [5.41, 5.74) is 1.56. The maximum Gasteiger partial charge on any atom is 0.270 e. The van der Waals surface area contributed by atoms with Gasteiger partial charge in [0.2, 0.25) is 0 Å². The van der Waals surface area contributed by atoms with Crippen LogP contribution in [0.3, 0.4) is 0 Å². The number of carbonyl (C=O) groups excluding carboxylic acids is 2. The summed E-state index contributed by atoms with van der Waals surface area (Å²) in [4.78, 5) is 27.6. The van der Waals surface area contributed by atoms with Crippen LogP contribution in [0.1, 0.15) is 39.2 Å². The van der Waals surface area contributed by atoms with Crippen LogP contribution in [-0.2, 0) is 6.54 Å². The molecule has 0 unspecified atom stereocenters. The van der Waals surface area contributed by atoms with E-state index in [9.17, 15) is 9.59 Å². The summed E-state index contributed by atoms with van der Waals surface area (Å²) in [5, 5.41) is 3.83. The van der Waals surface area contributed by atoms with Crippen LogP contribution < -0.4 is 0 Å². The molecule has 19 heavy (non-hydrogen) atoms. The lowest BCUT2D eigenvalue weighted by Gasteiger charge is -2.14. The minimum absolute atomic E-state index is 0.0786. The van der Waals surface area contributed by atoms with Crippen molar-refractivity contribution in [2.24, 2.45) is 0 Å². The maximum absolute atomic E-state index is 12.1. The van der Waals surface area contributed by atoms with Gasteiger partial charge in [-0.25, -0.2) is 0 Å². The number of nitrogens with one attached hydrogen (secondary N) is 1. The van der Waals surface area contributed by atoms with E-state index in [4.69, 9.17) is 4.52 Å². The predicted octanol–water partition coefficient (Wildman–Crippen LogP) is 1.79. The van der Waals surface area contributed by atoms with Crippen LogP contribution in [0.15, 0.2) is 22.9 Å². The van der Waals surface area contributed by atoms with Gasteiger partial charge < -0.3 is 14.4 Å². The monoisotopic (exact) mass is 261 g/mol. The van der Waals surface area contributed by atoms with Gasteiger partial charge in [-0.1, -0.05) is 5.16 Å². The predicted molar refractivity (Wildman–Crippen MR) is 67.8 cm³/mol. The topological polar surface area (TPSA) is 79.2 Å². The molecule has 6 nitrogen and oxygen atoms in total. The van der Waals surface area contributed by atoms with E-state index in [1.165, 1.54) is 18.0 Å². The molecule has 2 heterocycles. The Morgan fingerprint density at radius 2 is 2.16 bits per heavy atom. The number of aromatic amines is 1. The molecular formula is C13H15N3O3. The minimum atomic E-state index is -0.201. The van der Waals surface area contributed by atoms with E-state index in [0.717, 1.165) is 0 Å². The first kappa shape index (κ1) is 13.1. The Morgan fingerprint density at radius 3 is 2.68 bits per heavy atom. The molecule has 0 saturated heterocycles. The first-order valence-electron chi connectivity index (χ1n) is 5.84. The van der Waals surface area contributed by atoms with Gasteiger partial charge >= 0.3 is 0 Å². The van der Waals surface area contributed by atoms with Crippen LogP contribution in [0.25, 0.3) is 0 Å². The second kappa shape index (κ2) is 5.09. The number of ketones is 1. The number of hydrogen-bond donors (Lipinski definition) is 1. The average molecular weight is 261 g/mol. The maximum atomic E-state index is 12.1. The van der Waals surface area contributed by atoms with E-state index in [2.05, 4.69) is 10.1 Å². The number of aryl methyl sites for hydroxylation is 1. The van der Waals surface area contributed by atoms with Gasteiger partial charge in [0.15, 0.2) is 5.78 Å². The van der Waals surface area contributed by atoms with Crippen molar-refractivity contribution in [3.63, 3.8) is 0 Å². The van der Waals surface area contributed by atoms with Gasteiger partial charge in [0.1, 0.15) is 17.1 Å². The summed E-state index contributed by atoms with van der Waals surface area (Å²) in [6, 6.07) is 3.33. The molecule has 0 spiro atoms. The molecule has 6 heteroatoms. The fourth-order valence-electron chi connectivity index (χ4n) is 1.73. The SMILES string of the molecule is CC(=O)c1c[nH]c(C(=O)N(C)Cc2cc(C)on2)c1. The zero-order chi connectivity index (χ0) is 14.0. The molecular weight excluding hydrogens is 246 g/mol. The van der Waals surface area contributed by atoms with E-state index < -0.39 is 0 Å². The second-order valence-corrected chi connectivity index (χ2v) is 4.45. The molecule has 0 fully saturated rings. The van der Waals surface area contributed by atoms with Crippen LogP contribution in [0.5, 0.6) is 0 Å². The molecule has 2 aromatic rings. The largest absolute Gasteiger partial charge is 0.361 e. The molecule has 0 bridgehead atoms. The highest BCUT2D eigenvalue weighted by Gasteiger charge is 2.16. The lowest BCUT2D eigenvalue weighted by molar-refractivity contribution is 0.0777. The summed E-state index contributed by atoms with van der Waals surface area (Å²) >= 11 is 0. The number of Topliss-reactive ketones (excluding diaryl/α,β-unsaturated/α-hetero) is 1. The summed E-state index contributed by atoms with van der Waals surface area (Å²) in [6.45, 7) is 3.60. The van der Waals surface area contributed by atoms with Gasteiger partial charge in [-0.3, -0.25) is 9.59 Å². The summed E-state index contributed by atoms with van der Waals surface area (Å²) < 4.78 is 4.95. The van der Waals surface area contributed by atoms with Gasteiger partial charge in [0, 0.05) is 24.9 Å². The van der Waals surface area contributed by atoms with Gasteiger partial charge in [0.05, 0.1) is 6.54 Å². The van der Waals surface area contributed by atoms with Crippen molar-refractivity contribution in [3.05, 3.63) is 41.0 Å². The Labute approximate surface area is 110 Å². The standard InChI is InChI=1S/C13H15N3O3/c1-8-4-11(15-19-8)7-16(3)13(18)12-5-10(6-14-12)9(2)17/h4-6,14H,7H2,1-3H3. The second-order valence-electron chi connectivity index (χ2n) is 4.45. The van der Waals surface area contributed by atoms with Crippen molar-refractivity contribution in [1.82, 2.24) is 15.0 Å². The highest BCUT2D eigenvalue weighted by atomic mass is 16.5. The van der Waals surface area contributed by atoms with Crippen LogP contribution in [-0.4, -0.2) is 33.8 Å². The number of amides is 1. The van der Waals surface area contributed by atoms with Gasteiger partial charge in [-0.15, -0.1) is 0 Å². The van der Waals surface area contributed by atoms with E-state index in [-0.39, 0.29) is 11.7 Å². The molecule has 0 aromatic carbocycles. The number of rotatable bonds is 4. The summed E-state index contributed by atoms with van der Waals surface area (Å²) in [6.07, 6.45) is 1.53. The highest BCUT2D eigenvalue weighted by Crippen LogP contribution is 2.10. The smallest absolute Gasteiger partial charge is 0.270 e. The zero-order valence-corrected chi connectivity index (χ0v) is 11.1. The van der Waals surface area contributed by atoms with E-state index >= 15 is 0 Å². The Hall–Kier alpha value is -2.37. The Morgan fingerprint density at radius 1 is 1.42 bits per heavy atom. The Bertz CT molecular complexity index is 612. The number of H-pyrrole nitrogens is 1. The van der Waals surface area contributed by atoms with Crippen molar-refractivity contribution < 1.29 is 14.1 Å². The molecule has 0 aliphatic heterocycles. The van der Waals surface area contributed by atoms with Gasteiger partial charge in [-0.2, -0.15) is 0 Å². The molecule has 2 rings (SSSR count). The van der Waals surface area contributed by atoms with Crippen LogP contribution in [0.4, 0.5) is 0 Å². The highest BCUT2D eigenvalue weighted by molar-refractivity contribution is 5.98. The molecule has 0 saturated carbocycles. The third-order valence-corrected chi connectivity index (χ3v) is 2.74. The normalized spacial score (nSPS) is 10.5. The molecule has 0 radical (unpaired) electrons. The van der Waals surface area contributed by atoms with Gasteiger partial charge in [-0.05, 0) is 19.9 Å². The van der Waals surface area contributed by atoms with E-state index in [1.54, 1.807) is 26.1 Å². The molecule has 1 N–H and O–H groups in total. The minimum Gasteiger partial charge on any atom is -0.361 e. The van der Waals surface area contributed by atoms with Crippen molar-refractivity contribution in [2.75, 3.05) is 7.05 Å². The third kappa shape index (κ3) is 2.90. The quantitative estimate of drug-likeness (QED) is 0.851. The average Bonchev–Trinajstić information content (AvgIpc) is 2.97. The van der Waals surface area contributed by atoms with E-state index in [1.807, 2.05) is 0 Å². The van der Waals surface area contributed by atoms with Crippen molar-refractivity contribution in [2.45, 2.75) is 20.4 Å². The molecule has 1 amide bonds. The summed E-state index contributed by atoms with van der Waals surface area (Å²) in [7, 11) is 1.67. The lowest BCUT2D eigenvalue weighted by Crippen LogP contribution is -2.26. The third-order valence-electron chi connectivity index (χ3n) is 2.74. The Balaban J connectivity index is 2.07. The van der Waals surface area contributed by atoms with Crippen LogP contribution in [0.2, 0.25) is 0 Å². The van der Waals surface area contributed by atoms with Crippen molar-refractivity contribution in [1.29, 1.82) is 0 Å². The first-order valence-corrected chi connectivity index (χ1v) is 5.84. The molecule has 2 aromatic heterocycles. The number of nitrogens with zero attached hydrogens (tertiary/aromatic N) is 2. The molecule has 0 aliphatic carbocycles. The first-order chi connectivity index (χ1) is 8.97. The fraction of sp³-hybridized carbons (Fsp3) is 0.308. The molecule has 0 atom stereocenters. The number of carbonyl (C=O) groups is 2. The fourth-order valence-corrected chi connectivity index (χ4v) is 1.73. The number of hydrogen-bond acceptors (Lipinski definition) is 4. The van der Waals surface area contributed by atoms with Gasteiger partial charge in [0.25, 0.3) is 5.91 Å². The molecule has 100 valence electrons. The summed E-state index contributed by atoms with van der Waals surface area (Å²) in [5.74, 6) is 0.424. The van der Waals surface area contributed by atoms with Crippen molar-refractivity contribution >= 4 is 11.7 Å². The number of aromatic nitrogens is 2.